The Hall–Kier alpha value is -1.18. The Labute approximate surface area is 61.7 Å². The van der Waals surface area contributed by atoms with Gasteiger partial charge in [0.1, 0.15) is 0 Å². The zero-order valence-electron chi connectivity index (χ0n) is 6.41. The van der Waals surface area contributed by atoms with E-state index in [9.17, 15) is 0 Å². The van der Waals surface area contributed by atoms with Gasteiger partial charge in [-0.1, -0.05) is 0 Å². The molecule has 0 aliphatic carbocycles. The highest BCUT2D eigenvalue weighted by Gasteiger charge is 1.90. The van der Waals surface area contributed by atoms with Crippen LogP contribution in [0.1, 0.15) is 0 Å². The van der Waals surface area contributed by atoms with Crippen LogP contribution in [0.3, 0.4) is 0 Å². The summed E-state index contributed by atoms with van der Waals surface area (Å²) in [5.41, 5.74) is 1.19. The van der Waals surface area contributed by atoms with Crippen molar-refractivity contribution in [2.75, 3.05) is 19.0 Å². The Morgan fingerprint density at radius 1 is 1.30 bits per heavy atom. The van der Waals surface area contributed by atoms with Gasteiger partial charge in [0.25, 0.3) is 0 Å². The number of hydrogen-bond acceptors (Lipinski definition) is 1. The normalized spacial score (nSPS) is 9.40. The molecule has 2 nitrogen and oxygen atoms in total. The van der Waals surface area contributed by atoms with Crippen molar-refractivity contribution in [2.24, 2.45) is 0 Å². The Morgan fingerprint density at radius 3 is 2.20 bits per heavy atom. The summed E-state index contributed by atoms with van der Waals surface area (Å²) in [5, 5.41) is 0. The third-order valence-corrected chi connectivity index (χ3v) is 1.39. The number of rotatable bonds is 1. The Kier molecular flexibility index (Phi) is 1.81. The molecule has 0 unspecified atom stereocenters. The Balaban J connectivity index is 2.89. The second kappa shape index (κ2) is 2.60. The van der Waals surface area contributed by atoms with Gasteiger partial charge < -0.3 is 9.47 Å². The van der Waals surface area contributed by atoms with E-state index >= 15 is 0 Å². The first-order chi connectivity index (χ1) is 4.70. The molecule has 0 amide bonds. The lowest BCUT2D eigenvalue weighted by Crippen LogP contribution is -2.24. The molecule has 0 aromatic carbocycles. The standard InChI is InChI=1S/C8H12N2/c1-9(2)8-4-6-10(3)7-5-8/h4-7H,3H2,1-2H3. The van der Waals surface area contributed by atoms with Gasteiger partial charge >= 0.3 is 0 Å². The fraction of sp³-hybridized carbons (Fsp3) is 0.250. The number of pyridine rings is 1. The second-order valence-electron chi connectivity index (χ2n) is 2.46. The molecule has 0 spiro atoms. The fourth-order valence-electron chi connectivity index (χ4n) is 0.748. The van der Waals surface area contributed by atoms with Crippen LogP contribution in [0.5, 0.6) is 0 Å². The largest absolute Gasteiger partial charge is 0.379 e. The van der Waals surface area contributed by atoms with E-state index in [-0.39, 0.29) is 0 Å². The highest BCUT2D eigenvalue weighted by atomic mass is 15.1. The van der Waals surface area contributed by atoms with E-state index in [1.165, 1.54) is 5.69 Å². The average Bonchev–Trinajstić information content (AvgIpc) is 1.88. The zero-order valence-corrected chi connectivity index (χ0v) is 6.41. The fourth-order valence-corrected chi connectivity index (χ4v) is 0.748. The van der Waals surface area contributed by atoms with Crippen LogP contribution < -0.4 is 9.47 Å². The molecule has 0 saturated heterocycles. The lowest BCUT2D eigenvalue weighted by atomic mass is 10.4. The first-order valence-electron chi connectivity index (χ1n) is 3.19. The number of anilines is 1. The van der Waals surface area contributed by atoms with Gasteiger partial charge in [0, 0.05) is 26.8 Å². The molecule has 0 radical (unpaired) electrons. The smallest absolute Gasteiger partial charge is 0.0710 e. The Morgan fingerprint density at radius 2 is 1.80 bits per heavy atom. The van der Waals surface area contributed by atoms with Crippen molar-refractivity contribution in [3.8, 4) is 0 Å². The molecule has 1 rings (SSSR count). The van der Waals surface area contributed by atoms with Crippen molar-refractivity contribution in [3.05, 3.63) is 31.6 Å². The van der Waals surface area contributed by atoms with Crippen molar-refractivity contribution in [1.82, 2.24) is 0 Å². The van der Waals surface area contributed by atoms with Gasteiger partial charge in [-0.05, 0) is 12.1 Å². The van der Waals surface area contributed by atoms with E-state index in [0.717, 1.165) is 0 Å². The van der Waals surface area contributed by atoms with Crippen LogP contribution in [0, 0.1) is 7.05 Å². The van der Waals surface area contributed by atoms with Gasteiger partial charge in [-0.3, -0.25) is 0 Å². The summed E-state index contributed by atoms with van der Waals surface area (Å²) in [4.78, 5) is 2.06. The molecule has 0 aliphatic rings. The monoisotopic (exact) mass is 136 g/mol. The molecule has 1 heterocycles. The van der Waals surface area contributed by atoms with E-state index < -0.39 is 0 Å². The van der Waals surface area contributed by atoms with Crippen molar-refractivity contribution < 1.29 is 4.57 Å². The lowest BCUT2D eigenvalue weighted by Gasteiger charge is -2.11. The zero-order chi connectivity index (χ0) is 7.56. The highest BCUT2D eigenvalue weighted by Crippen LogP contribution is 2.05. The summed E-state index contributed by atoms with van der Waals surface area (Å²) in [6.45, 7) is 0. The van der Waals surface area contributed by atoms with Crippen LogP contribution in [-0.4, -0.2) is 14.1 Å². The second-order valence-corrected chi connectivity index (χ2v) is 2.46. The van der Waals surface area contributed by atoms with Crippen LogP contribution in [0.15, 0.2) is 24.5 Å². The predicted molar refractivity (Wildman–Crippen MR) is 41.7 cm³/mol. The van der Waals surface area contributed by atoms with Crippen molar-refractivity contribution in [3.63, 3.8) is 0 Å². The van der Waals surface area contributed by atoms with E-state index in [0.29, 0.717) is 0 Å². The van der Waals surface area contributed by atoms with E-state index in [2.05, 4.69) is 11.9 Å². The molecule has 1 aromatic heterocycles. The summed E-state index contributed by atoms with van der Waals surface area (Å²) < 4.78 is 1.77. The SMILES string of the molecule is [CH2-][n+]1ccc(N(C)C)cc1. The van der Waals surface area contributed by atoms with Crippen molar-refractivity contribution >= 4 is 5.69 Å². The maximum Gasteiger partial charge on any atom is 0.0710 e. The maximum atomic E-state index is 3.72. The molecule has 0 saturated carbocycles. The molecule has 0 atom stereocenters. The first kappa shape index (κ1) is 6.93. The van der Waals surface area contributed by atoms with E-state index in [1.807, 2.05) is 38.6 Å². The number of hydrogen-bond donors (Lipinski definition) is 0. The van der Waals surface area contributed by atoms with Gasteiger partial charge in [0.2, 0.25) is 0 Å². The molecule has 54 valence electrons. The third-order valence-electron chi connectivity index (χ3n) is 1.39. The maximum absolute atomic E-state index is 3.72. The van der Waals surface area contributed by atoms with Crippen LogP contribution in [0.25, 0.3) is 0 Å². The molecule has 1 aromatic rings. The summed E-state index contributed by atoms with van der Waals surface area (Å²) >= 11 is 0. The average molecular weight is 136 g/mol. The topological polar surface area (TPSA) is 7.12 Å². The van der Waals surface area contributed by atoms with Crippen molar-refractivity contribution in [1.29, 1.82) is 0 Å². The van der Waals surface area contributed by atoms with Crippen molar-refractivity contribution in [2.45, 2.75) is 0 Å². The van der Waals surface area contributed by atoms with Gasteiger partial charge in [-0.2, -0.15) is 0 Å². The van der Waals surface area contributed by atoms with Gasteiger partial charge in [0.15, 0.2) is 0 Å². The summed E-state index contributed by atoms with van der Waals surface area (Å²) in [6, 6.07) is 4.04. The van der Waals surface area contributed by atoms with Crippen LogP contribution in [0.2, 0.25) is 0 Å². The minimum Gasteiger partial charge on any atom is -0.379 e. The van der Waals surface area contributed by atoms with E-state index in [4.69, 9.17) is 0 Å². The Bertz CT molecular complexity index is 201. The molecule has 0 bridgehead atoms. The summed E-state index contributed by atoms with van der Waals surface area (Å²) in [7, 11) is 7.75. The minimum absolute atomic E-state index is 1.19. The summed E-state index contributed by atoms with van der Waals surface area (Å²) in [6.07, 6.45) is 3.85. The molecule has 0 N–H and O–H groups in total. The van der Waals surface area contributed by atoms with E-state index in [1.54, 1.807) is 4.57 Å². The quantitative estimate of drug-likeness (QED) is 0.407. The molecular formula is C8H12N2. The van der Waals surface area contributed by atoms with Gasteiger partial charge in [-0.15, -0.1) is 0 Å². The molecular weight excluding hydrogens is 124 g/mol. The highest BCUT2D eigenvalue weighted by molar-refractivity contribution is 5.41. The predicted octanol–water partition coefficient (Wildman–Crippen LogP) is 0.680. The van der Waals surface area contributed by atoms with Gasteiger partial charge in [-0.25, -0.2) is 0 Å². The molecule has 10 heavy (non-hydrogen) atoms. The minimum atomic E-state index is 1.19. The van der Waals surface area contributed by atoms with Crippen LogP contribution in [-0.2, 0) is 0 Å². The number of nitrogens with zero attached hydrogens (tertiary/aromatic N) is 2. The third kappa shape index (κ3) is 1.41. The lowest BCUT2D eigenvalue weighted by molar-refractivity contribution is -0.612. The number of aromatic nitrogens is 1. The van der Waals surface area contributed by atoms with Crippen LogP contribution >= 0.6 is 0 Å². The molecule has 0 aliphatic heterocycles. The summed E-state index contributed by atoms with van der Waals surface area (Å²) in [5.74, 6) is 0. The first-order valence-corrected chi connectivity index (χ1v) is 3.19. The molecule has 2 heteroatoms. The van der Waals surface area contributed by atoms with Gasteiger partial charge in [0.05, 0.1) is 12.4 Å². The molecule has 0 fully saturated rings. The van der Waals surface area contributed by atoms with Crippen LogP contribution in [0.4, 0.5) is 5.69 Å².